The molecule has 2 heterocycles. The third kappa shape index (κ3) is 3.33. The Morgan fingerprint density at radius 1 is 1.36 bits per heavy atom. The molecule has 0 spiro atoms. The number of aromatic nitrogens is 1. The van der Waals surface area contributed by atoms with Gasteiger partial charge in [0.25, 0.3) is 0 Å². The first-order valence-electron chi connectivity index (χ1n) is 8.06. The lowest BCUT2D eigenvalue weighted by Crippen LogP contribution is -2.34. The monoisotopic (exact) mass is 305 g/mol. The highest BCUT2D eigenvalue weighted by Crippen LogP contribution is 2.27. The molecule has 2 aromatic rings. The van der Waals surface area contributed by atoms with Crippen LogP contribution in [0.4, 0.5) is 4.39 Å². The topological polar surface area (TPSA) is 34.2 Å². The Hall–Kier alpha value is -1.39. The van der Waals surface area contributed by atoms with Crippen LogP contribution in [0.15, 0.2) is 18.2 Å². The van der Waals surface area contributed by atoms with Gasteiger partial charge >= 0.3 is 0 Å². The van der Waals surface area contributed by atoms with Gasteiger partial charge in [-0.25, -0.2) is 4.39 Å². The highest BCUT2D eigenvalue weighted by atomic mass is 19.1. The number of fused-ring (bicyclic) bond motifs is 1. The number of hydrogen-bond donors (Lipinski definition) is 1. The Bertz CT molecular complexity index is 642. The maximum absolute atomic E-state index is 13.3. The summed E-state index contributed by atoms with van der Waals surface area (Å²) < 4.78 is 25.1. The van der Waals surface area contributed by atoms with Gasteiger partial charge in [0, 0.05) is 23.0 Å². The molecule has 120 valence electrons. The molecule has 0 saturated carbocycles. The molecule has 0 aliphatic carbocycles. The lowest BCUT2D eigenvalue weighted by atomic mass is 9.98. The normalized spacial score (nSPS) is 22.6. The summed E-state index contributed by atoms with van der Waals surface area (Å²) in [6.07, 6.45) is 3.59. The lowest BCUT2D eigenvalue weighted by Gasteiger charge is -2.30. The van der Waals surface area contributed by atoms with Crippen LogP contribution in [0.5, 0.6) is 0 Å². The molecule has 1 fully saturated rings. The first-order chi connectivity index (χ1) is 10.5. The molecule has 4 heteroatoms. The zero-order chi connectivity index (χ0) is 15.7. The molecular formula is C18H24FNO2. The molecular weight excluding hydrogens is 281 g/mol. The van der Waals surface area contributed by atoms with Crippen LogP contribution in [-0.2, 0) is 15.9 Å². The Balaban J connectivity index is 1.68. The molecule has 22 heavy (non-hydrogen) atoms. The molecule has 1 aliphatic rings. The van der Waals surface area contributed by atoms with E-state index in [1.807, 2.05) is 13.0 Å². The summed E-state index contributed by atoms with van der Waals surface area (Å²) in [6, 6.07) is 4.93. The van der Waals surface area contributed by atoms with Crippen LogP contribution in [0, 0.1) is 12.7 Å². The van der Waals surface area contributed by atoms with Gasteiger partial charge in [-0.1, -0.05) is 0 Å². The van der Waals surface area contributed by atoms with Gasteiger partial charge in [-0.2, -0.15) is 0 Å². The van der Waals surface area contributed by atoms with Gasteiger partial charge in [-0.05, 0) is 57.4 Å². The molecule has 0 radical (unpaired) electrons. The number of rotatable bonds is 4. The van der Waals surface area contributed by atoms with E-state index in [-0.39, 0.29) is 24.1 Å². The summed E-state index contributed by atoms with van der Waals surface area (Å²) >= 11 is 0. The van der Waals surface area contributed by atoms with E-state index in [0.717, 1.165) is 35.9 Å². The Kier molecular flexibility index (Phi) is 4.50. The van der Waals surface area contributed by atoms with Crippen molar-refractivity contribution in [3.63, 3.8) is 0 Å². The summed E-state index contributed by atoms with van der Waals surface area (Å²) in [5.74, 6) is -0.206. The predicted molar refractivity (Wildman–Crippen MR) is 85.7 cm³/mol. The Morgan fingerprint density at radius 3 is 2.86 bits per heavy atom. The van der Waals surface area contributed by atoms with Gasteiger partial charge in [0.1, 0.15) is 5.82 Å². The number of benzene rings is 1. The van der Waals surface area contributed by atoms with Crippen molar-refractivity contribution in [2.45, 2.75) is 58.3 Å². The molecule has 1 aromatic carbocycles. The number of ether oxygens (including phenoxy) is 2. The zero-order valence-electron chi connectivity index (χ0n) is 13.5. The van der Waals surface area contributed by atoms with E-state index >= 15 is 0 Å². The molecule has 0 amide bonds. The maximum Gasteiger partial charge on any atom is 0.125 e. The smallest absolute Gasteiger partial charge is 0.125 e. The molecule has 3 nitrogen and oxygen atoms in total. The van der Waals surface area contributed by atoms with Gasteiger partial charge < -0.3 is 14.5 Å². The van der Waals surface area contributed by atoms with Crippen LogP contribution < -0.4 is 0 Å². The average Bonchev–Trinajstić information content (AvgIpc) is 2.75. The highest BCUT2D eigenvalue weighted by Gasteiger charge is 2.24. The van der Waals surface area contributed by atoms with Gasteiger partial charge in [0.15, 0.2) is 0 Å². The molecule has 2 unspecified atom stereocenters. The van der Waals surface area contributed by atoms with Gasteiger partial charge in [-0.3, -0.25) is 0 Å². The number of aryl methyl sites for hydroxylation is 1. The summed E-state index contributed by atoms with van der Waals surface area (Å²) in [7, 11) is 0. The first-order valence-corrected chi connectivity index (χ1v) is 8.06. The molecule has 1 saturated heterocycles. The van der Waals surface area contributed by atoms with E-state index in [1.54, 1.807) is 6.07 Å². The second-order valence-corrected chi connectivity index (χ2v) is 6.46. The fraction of sp³-hybridized carbons (Fsp3) is 0.556. The van der Waals surface area contributed by atoms with E-state index in [2.05, 4.69) is 18.8 Å². The van der Waals surface area contributed by atoms with Crippen molar-refractivity contribution in [1.82, 2.24) is 4.98 Å². The third-order valence-electron chi connectivity index (χ3n) is 4.31. The zero-order valence-corrected chi connectivity index (χ0v) is 13.5. The maximum atomic E-state index is 13.3. The second-order valence-electron chi connectivity index (χ2n) is 6.46. The van der Waals surface area contributed by atoms with Crippen LogP contribution in [0.1, 0.15) is 37.9 Å². The summed E-state index contributed by atoms with van der Waals surface area (Å²) in [5.41, 5.74) is 3.21. The van der Waals surface area contributed by atoms with Crippen LogP contribution >= 0.6 is 0 Å². The molecule has 1 aliphatic heterocycles. The van der Waals surface area contributed by atoms with Crippen molar-refractivity contribution < 1.29 is 13.9 Å². The van der Waals surface area contributed by atoms with Crippen molar-refractivity contribution in [2.24, 2.45) is 0 Å². The number of H-pyrrole nitrogens is 1. The third-order valence-corrected chi connectivity index (χ3v) is 4.31. The van der Waals surface area contributed by atoms with Crippen molar-refractivity contribution >= 4 is 10.9 Å². The van der Waals surface area contributed by atoms with Crippen molar-refractivity contribution in [2.75, 3.05) is 6.61 Å². The lowest BCUT2D eigenvalue weighted by molar-refractivity contribution is -0.102. The standard InChI is InChI=1S/C18H24FNO2/c1-11(2)22-15-6-5-14(21-10-15)9-17-12(3)20-18-8-13(19)4-7-16(17)18/h4,7-8,11,14-15,20H,5-6,9-10H2,1-3H3. The second kappa shape index (κ2) is 6.39. The summed E-state index contributed by atoms with van der Waals surface area (Å²) in [5, 5.41) is 1.10. The first kappa shape index (κ1) is 15.5. The van der Waals surface area contributed by atoms with E-state index in [9.17, 15) is 4.39 Å². The molecule has 1 N–H and O–H groups in total. The predicted octanol–water partition coefficient (Wildman–Crippen LogP) is 4.13. The minimum absolute atomic E-state index is 0.206. The minimum atomic E-state index is -0.206. The fourth-order valence-electron chi connectivity index (χ4n) is 3.29. The Labute approximate surface area is 130 Å². The molecule has 3 rings (SSSR count). The Morgan fingerprint density at radius 2 is 2.18 bits per heavy atom. The summed E-state index contributed by atoms with van der Waals surface area (Å²) in [6.45, 7) is 6.82. The van der Waals surface area contributed by atoms with Crippen LogP contribution in [0.25, 0.3) is 10.9 Å². The van der Waals surface area contributed by atoms with Gasteiger partial charge in [0.2, 0.25) is 0 Å². The quantitative estimate of drug-likeness (QED) is 0.921. The van der Waals surface area contributed by atoms with Gasteiger partial charge in [0.05, 0.1) is 24.9 Å². The molecule has 0 bridgehead atoms. The van der Waals surface area contributed by atoms with Crippen LogP contribution in [0.3, 0.4) is 0 Å². The number of nitrogens with one attached hydrogen (secondary N) is 1. The number of hydrogen-bond acceptors (Lipinski definition) is 2. The largest absolute Gasteiger partial charge is 0.375 e. The van der Waals surface area contributed by atoms with Crippen LogP contribution in [-0.4, -0.2) is 29.9 Å². The average molecular weight is 305 g/mol. The number of halogens is 1. The fourth-order valence-corrected chi connectivity index (χ4v) is 3.29. The van der Waals surface area contributed by atoms with E-state index in [1.165, 1.54) is 11.6 Å². The molecule has 2 atom stereocenters. The summed E-state index contributed by atoms with van der Waals surface area (Å²) in [4.78, 5) is 3.27. The minimum Gasteiger partial charge on any atom is -0.375 e. The number of aromatic amines is 1. The van der Waals surface area contributed by atoms with E-state index in [0.29, 0.717) is 6.61 Å². The van der Waals surface area contributed by atoms with E-state index in [4.69, 9.17) is 9.47 Å². The SMILES string of the molecule is Cc1[nH]c2cc(F)ccc2c1CC1CCC(OC(C)C)CO1. The van der Waals surface area contributed by atoms with Crippen molar-refractivity contribution in [3.05, 3.63) is 35.3 Å². The van der Waals surface area contributed by atoms with Crippen molar-refractivity contribution in [3.8, 4) is 0 Å². The van der Waals surface area contributed by atoms with Crippen molar-refractivity contribution in [1.29, 1.82) is 0 Å². The van der Waals surface area contributed by atoms with E-state index < -0.39 is 0 Å². The van der Waals surface area contributed by atoms with Gasteiger partial charge in [-0.15, -0.1) is 0 Å². The highest BCUT2D eigenvalue weighted by molar-refractivity contribution is 5.84. The van der Waals surface area contributed by atoms with Crippen LogP contribution in [0.2, 0.25) is 0 Å². The molecule has 1 aromatic heterocycles.